The van der Waals surface area contributed by atoms with Crippen LogP contribution in [0.15, 0.2) is 60.0 Å². The largest absolute Gasteiger partial charge is 0.241 e. The van der Waals surface area contributed by atoms with Crippen LogP contribution in [0.1, 0.15) is 21.7 Å². The highest BCUT2D eigenvalue weighted by Gasteiger charge is 2.13. The lowest BCUT2D eigenvalue weighted by Gasteiger charge is -2.02. The Kier molecular flexibility index (Phi) is 5.66. The lowest BCUT2D eigenvalue weighted by Crippen LogP contribution is -2.20. The van der Waals surface area contributed by atoms with Gasteiger partial charge in [0.15, 0.2) is 0 Å². The highest BCUT2D eigenvalue weighted by molar-refractivity contribution is 7.92. The van der Waals surface area contributed by atoms with Crippen molar-refractivity contribution in [2.75, 3.05) is 0 Å². The Labute approximate surface area is 158 Å². The summed E-state index contributed by atoms with van der Waals surface area (Å²) < 4.78 is 27.0. The molecule has 0 atom stereocenters. The van der Waals surface area contributed by atoms with E-state index in [2.05, 4.69) is 9.71 Å². The molecule has 4 nitrogen and oxygen atoms in total. The van der Waals surface area contributed by atoms with Crippen molar-refractivity contribution in [1.29, 1.82) is 0 Å². The molecule has 3 rings (SSSR count). The highest BCUT2D eigenvalue weighted by Crippen LogP contribution is 2.30. The molecule has 2 aromatic carbocycles. The molecule has 0 saturated carbocycles. The van der Waals surface area contributed by atoms with Crippen LogP contribution in [0.4, 0.5) is 0 Å². The van der Waals surface area contributed by atoms with Crippen molar-refractivity contribution in [2.45, 2.75) is 20.4 Å². The smallest absolute Gasteiger partial charge is 0.234 e. The maximum atomic E-state index is 12.2. The first kappa shape index (κ1) is 18.5. The van der Waals surface area contributed by atoms with Gasteiger partial charge in [-0.25, -0.2) is 18.1 Å². The number of hydrogen-bond donors (Lipinski definition) is 1. The van der Waals surface area contributed by atoms with E-state index in [4.69, 9.17) is 0 Å². The van der Waals surface area contributed by atoms with Gasteiger partial charge in [0.1, 0.15) is 5.01 Å². The Morgan fingerprint density at radius 3 is 2.46 bits per heavy atom. The predicted octanol–water partition coefficient (Wildman–Crippen LogP) is 4.52. The molecule has 6 heteroatoms. The van der Waals surface area contributed by atoms with Crippen LogP contribution >= 0.6 is 11.3 Å². The van der Waals surface area contributed by atoms with E-state index in [1.807, 2.05) is 68.4 Å². The first-order chi connectivity index (χ1) is 12.4. The maximum Gasteiger partial charge on any atom is 0.234 e. The van der Waals surface area contributed by atoms with Gasteiger partial charge in [-0.2, -0.15) is 0 Å². The molecule has 1 N–H and O–H groups in total. The topological polar surface area (TPSA) is 59.1 Å². The minimum atomic E-state index is -3.51. The zero-order valence-electron chi connectivity index (χ0n) is 14.6. The molecule has 3 aromatic rings. The summed E-state index contributed by atoms with van der Waals surface area (Å²) in [6, 6.07) is 17.4. The van der Waals surface area contributed by atoms with Crippen LogP contribution in [0, 0.1) is 13.8 Å². The molecule has 1 aromatic heterocycles. The minimum Gasteiger partial charge on any atom is -0.241 e. The molecule has 0 bridgehead atoms. The lowest BCUT2D eigenvalue weighted by atomic mass is 10.1. The zero-order valence-corrected chi connectivity index (χ0v) is 16.3. The molecular formula is C20H20N2O2S2. The molecule has 0 aliphatic heterocycles. The van der Waals surface area contributed by atoms with Crippen LogP contribution in [-0.2, 0) is 16.6 Å². The van der Waals surface area contributed by atoms with E-state index >= 15 is 0 Å². The van der Waals surface area contributed by atoms with Gasteiger partial charge in [-0.1, -0.05) is 54.6 Å². The summed E-state index contributed by atoms with van der Waals surface area (Å²) in [7, 11) is -3.51. The lowest BCUT2D eigenvalue weighted by molar-refractivity contribution is 0.591. The molecule has 0 aliphatic carbocycles. The fraction of sp³-hybridized carbons (Fsp3) is 0.150. The number of aromatic nitrogens is 1. The monoisotopic (exact) mass is 384 g/mol. The number of thiazole rings is 1. The van der Waals surface area contributed by atoms with Gasteiger partial charge in [0, 0.05) is 22.4 Å². The summed E-state index contributed by atoms with van der Waals surface area (Å²) in [5.41, 5.74) is 3.93. The van der Waals surface area contributed by atoms with Crippen LogP contribution in [0.3, 0.4) is 0 Å². The van der Waals surface area contributed by atoms with E-state index in [0.29, 0.717) is 0 Å². The predicted molar refractivity (Wildman–Crippen MR) is 108 cm³/mol. The zero-order chi connectivity index (χ0) is 18.6. The van der Waals surface area contributed by atoms with Gasteiger partial charge in [0.25, 0.3) is 0 Å². The standard InChI is InChI=1S/C20H20N2O2S2/c1-15-8-6-7-11-18(15)20-22-16(2)19(25-20)14-21-26(23,24)13-12-17-9-4-3-5-10-17/h3-13,21H,14H2,1-2H3/b13-12+. The van der Waals surface area contributed by atoms with E-state index in [-0.39, 0.29) is 6.54 Å². The van der Waals surface area contributed by atoms with E-state index in [0.717, 1.165) is 32.3 Å². The normalized spacial score (nSPS) is 11.9. The van der Waals surface area contributed by atoms with Crippen LogP contribution in [0.2, 0.25) is 0 Å². The van der Waals surface area contributed by atoms with Crippen molar-refractivity contribution in [1.82, 2.24) is 9.71 Å². The molecule has 0 saturated heterocycles. The summed E-state index contributed by atoms with van der Waals surface area (Å²) in [4.78, 5) is 5.52. The van der Waals surface area contributed by atoms with Gasteiger partial charge >= 0.3 is 0 Å². The SMILES string of the molecule is Cc1ccccc1-c1nc(C)c(CNS(=O)(=O)/C=C/c2ccccc2)s1. The van der Waals surface area contributed by atoms with E-state index < -0.39 is 10.0 Å². The minimum absolute atomic E-state index is 0.233. The van der Waals surface area contributed by atoms with Crippen molar-refractivity contribution in [3.8, 4) is 10.6 Å². The number of aryl methyl sites for hydroxylation is 2. The second-order valence-corrected chi connectivity index (χ2v) is 8.66. The van der Waals surface area contributed by atoms with Crippen molar-refractivity contribution < 1.29 is 8.42 Å². The summed E-state index contributed by atoms with van der Waals surface area (Å²) in [6.45, 7) is 4.18. The Bertz CT molecular complexity index is 1020. The van der Waals surface area contributed by atoms with Crippen LogP contribution in [-0.4, -0.2) is 13.4 Å². The third kappa shape index (κ3) is 4.66. The summed E-state index contributed by atoms with van der Waals surface area (Å²) in [6.07, 6.45) is 1.58. The molecule has 0 amide bonds. The number of sulfonamides is 1. The highest BCUT2D eigenvalue weighted by atomic mass is 32.2. The summed E-state index contributed by atoms with van der Waals surface area (Å²) >= 11 is 1.52. The van der Waals surface area contributed by atoms with E-state index in [9.17, 15) is 8.42 Å². The molecule has 0 spiro atoms. The second kappa shape index (κ2) is 7.95. The van der Waals surface area contributed by atoms with Gasteiger partial charge in [0.05, 0.1) is 5.69 Å². The Hall–Kier alpha value is -2.28. The van der Waals surface area contributed by atoms with Gasteiger partial charge in [-0.15, -0.1) is 11.3 Å². The third-order valence-corrected chi connectivity index (χ3v) is 6.17. The van der Waals surface area contributed by atoms with Crippen LogP contribution < -0.4 is 4.72 Å². The van der Waals surface area contributed by atoms with Crippen molar-refractivity contribution >= 4 is 27.4 Å². The van der Waals surface area contributed by atoms with Gasteiger partial charge < -0.3 is 0 Å². The summed E-state index contributed by atoms with van der Waals surface area (Å²) in [5.74, 6) is 0. The molecular weight excluding hydrogens is 364 g/mol. The molecule has 26 heavy (non-hydrogen) atoms. The third-order valence-electron chi connectivity index (χ3n) is 3.94. The van der Waals surface area contributed by atoms with Crippen LogP contribution in [0.5, 0.6) is 0 Å². The van der Waals surface area contributed by atoms with E-state index in [1.54, 1.807) is 6.08 Å². The van der Waals surface area contributed by atoms with Crippen LogP contribution in [0.25, 0.3) is 16.6 Å². The Morgan fingerprint density at radius 1 is 1.04 bits per heavy atom. The number of hydrogen-bond acceptors (Lipinski definition) is 4. The average molecular weight is 385 g/mol. The average Bonchev–Trinajstić information content (AvgIpc) is 3.00. The molecule has 1 heterocycles. The molecule has 0 aliphatic rings. The first-order valence-electron chi connectivity index (χ1n) is 8.20. The second-order valence-electron chi connectivity index (χ2n) is 5.92. The quantitative estimate of drug-likeness (QED) is 0.680. The van der Waals surface area contributed by atoms with Crippen molar-refractivity contribution in [3.63, 3.8) is 0 Å². The number of nitrogens with one attached hydrogen (secondary N) is 1. The molecule has 0 fully saturated rings. The maximum absolute atomic E-state index is 12.2. The Morgan fingerprint density at radius 2 is 1.73 bits per heavy atom. The number of rotatable bonds is 6. The van der Waals surface area contributed by atoms with Gasteiger partial charge in [-0.05, 0) is 31.1 Å². The number of benzene rings is 2. The van der Waals surface area contributed by atoms with Crippen molar-refractivity contribution in [3.05, 3.63) is 81.7 Å². The van der Waals surface area contributed by atoms with Gasteiger partial charge in [0.2, 0.25) is 10.0 Å². The first-order valence-corrected chi connectivity index (χ1v) is 10.6. The molecule has 0 unspecified atom stereocenters. The fourth-order valence-electron chi connectivity index (χ4n) is 2.47. The Balaban J connectivity index is 1.72. The molecule has 134 valence electrons. The van der Waals surface area contributed by atoms with E-state index in [1.165, 1.54) is 16.7 Å². The fourth-order valence-corrected chi connectivity index (χ4v) is 4.43. The van der Waals surface area contributed by atoms with Gasteiger partial charge in [-0.3, -0.25) is 0 Å². The number of nitrogens with zero attached hydrogens (tertiary/aromatic N) is 1. The summed E-state index contributed by atoms with van der Waals surface area (Å²) in [5, 5.41) is 2.11. The van der Waals surface area contributed by atoms with Crippen molar-refractivity contribution in [2.24, 2.45) is 0 Å². The molecule has 0 radical (unpaired) electrons.